The standard InChI is InChI=1S/C21H34O4/c1-13-11-17-14(3-6-19(17,2)22)15-4-7-20(23)12-21(24-9-10-25-21)8-5-16(20)18(13)15/h13-18,22-23H,3-12H2,1-2H3/t13-,14-,15-,16+,17-,18-,19-,20+/m0/s1. The highest BCUT2D eigenvalue weighted by atomic mass is 16.7. The van der Waals surface area contributed by atoms with E-state index in [1.165, 1.54) is 6.42 Å². The zero-order valence-corrected chi connectivity index (χ0v) is 15.7. The number of rotatable bonds is 0. The van der Waals surface area contributed by atoms with Gasteiger partial charge in [0, 0.05) is 12.8 Å². The van der Waals surface area contributed by atoms with Gasteiger partial charge in [-0.1, -0.05) is 6.92 Å². The Balaban J connectivity index is 1.42. The van der Waals surface area contributed by atoms with E-state index in [0.717, 1.165) is 38.5 Å². The Morgan fingerprint density at radius 1 is 0.880 bits per heavy atom. The quantitative estimate of drug-likeness (QED) is 0.705. The molecule has 4 saturated carbocycles. The second-order valence-corrected chi connectivity index (χ2v) is 10.2. The molecule has 1 spiro atoms. The zero-order chi connectivity index (χ0) is 17.4. The van der Waals surface area contributed by atoms with Gasteiger partial charge >= 0.3 is 0 Å². The lowest BCUT2D eigenvalue weighted by molar-refractivity contribution is -0.259. The fourth-order valence-corrected chi connectivity index (χ4v) is 7.93. The Labute approximate surface area is 151 Å². The molecule has 0 bridgehead atoms. The molecule has 8 atom stereocenters. The van der Waals surface area contributed by atoms with Gasteiger partial charge in [-0.05, 0) is 81.0 Å². The highest BCUT2D eigenvalue weighted by Gasteiger charge is 2.62. The minimum atomic E-state index is -0.619. The van der Waals surface area contributed by atoms with Crippen molar-refractivity contribution in [3.8, 4) is 0 Å². The van der Waals surface area contributed by atoms with Crippen molar-refractivity contribution in [3.05, 3.63) is 0 Å². The Morgan fingerprint density at radius 2 is 1.60 bits per heavy atom. The number of ether oxygens (including phenoxy) is 2. The van der Waals surface area contributed by atoms with E-state index in [0.29, 0.717) is 55.1 Å². The summed E-state index contributed by atoms with van der Waals surface area (Å²) in [6.45, 7) is 5.77. The molecule has 4 nitrogen and oxygen atoms in total. The van der Waals surface area contributed by atoms with Gasteiger partial charge < -0.3 is 19.7 Å². The van der Waals surface area contributed by atoms with Gasteiger partial charge in [-0.25, -0.2) is 0 Å². The third kappa shape index (κ3) is 2.40. The largest absolute Gasteiger partial charge is 0.390 e. The predicted molar refractivity (Wildman–Crippen MR) is 93.8 cm³/mol. The predicted octanol–water partition coefficient (Wildman–Crippen LogP) is 3.10. The van der Waals surface area contributed by atoms with Crippen LogP contribution >= 0.6 is 0 Å². The van der Waals surface area contributed by atoms with Gasteiger partial charge in [0.15, 0.2) is 5.79 Å². The lowest BCUT2D eigenvalue weighted by atomic mass is 9.48. The van der Waals surface area contributed by atoms with E-state index in [4.69, 9.17) is 9.47 Å². The summed E-state index contributed by atoms with van der Waals surface area (Å²) in [4.78, 5) is 0. The third-order valence-electron chi connectivity index (χ3n) is 8.92. The maximum absolute atomic E-state index is 11.6. The molecule has 5 rings (SSSR count). The molecule has 0 amide bonds. The SMILES string of the molecule is C[C@H]1C[C@H]2[C@@H](CC[C@]2(C)O)[C@@H]2CC[C@@]3(O)CC4(CC[C@@H]3[C@H]21)OCCO4. The molecule has 2 N–H and O–H groups in total. The van der Waals surface area contributed by atoms with Gasteiger partial charge in [0.1, 0.15) is 0 Å². The molecule has 142 valence electrons. The molecule has 0 aromatic heterocycles. The topological polar surface area (TPSA) is 58.9 Å². The summed E-state index contributed by atoms with van der Waals surface area (Å²) >= 11 is 0. The van der Waals surface area contributed by atoms with Crippen LogP contribution in [0.5, 0.6) is 0 Å². The Morgan fingerprint density at radius 3 is 2.36 bits per heavy atom. The molecule has 4 heteroatoms. The number of hydrogen-bond donors (Lipinski definition) is 2. The molecule has 1 saturated heterocycles. The summed E-state index contributed by atoms with van der Waals surface area (Å²) in [6, 6.07) is 0. The average Bonchev–Trinajstić information content (AvgIpc) is 3.11. The normalized spacial score (nSPS) is 57.1. The van der Waals surface area contributed by atoms with Crippen molar-refractivity contribution in [2.75, 3.05) is 13.2 Å². The summed E-state index contributed by atoms with van der Waals surface area (Å²) in [5, 5.41) is 22.4. The maximum atomic E-state index is 11.6. The van der Waals surface area contributed by atoms with Crippen LogP contribution in [0.2, 0.25) is 0 Å². The van der Waals surface area contributed by atoms with Gasteiger partial charge in [0.2, 0.25) is 0 Å². The van der Waals surface area contributed by atoms with Crippen LogP contribution in [0, 0.1) is 35.5 Å². The molecule has 4 aliphatic carbocycles. The number of hydrogen-bond acceptors (Lipinski definition) is 4. The van der Waals surface area contributed by atoms with Crippen molar-refractivity contribution in [1.82, 2.24) is 0 Å². The summed E-state index contributed by atoms with van der Waals surface area (Å²) in [7, 11) is 0. The van der Waals surface area contributed by atoms with E-state index >= 15 is 0 Å². The molecule has 1 heterocycles. The molecule has 0 aromatic rings. The van der Waals surface area contributed by atoms with Crippen LogP contribution in [-0.4, -0.2) is 40.4 Å². The van der Waals surface area contributed by atoms with Crippen LogP contribution in [0.1, 0.15) is 65.2 Å². The van der Waals surface area contributed by atoms with E-state index in [1.54, 1.807) is 0 Å². The van der Waals surface area contributed by atoms with E-state index < -0.39 is 17.0 Å². The molecule has 5 aliphatic rings. The molecule has 0 aromatic carbocycles. The Kier molecular flexibility index (Phi) is 3.69. The van der Waals surface area contributed by atoms with Crippen LogP contribution in [-0.2, 0) is 9.47 Å². The number of aliphatic hydroxyl groups is 2. The van der Waals surface area contributed by atoms with Gasteiger partial charge in [-0.3, -0.25) is 0 Å². The van der Waals surface area contributed by atoms with Gasteiger partial charge in [0.05, 0.1) is 24.4 Å². The first-order valence-electron chi connectivity index (χ1n) is 10.6. The van der Waals surface area contributed by atoms with E-state index in [9.17, 15) is 10.2 Å². The zero-order valence-electron chi connectivity index (χ0n) is 15.7. The minimum Gasteiger partial charge on any atom is -0.390 e. The highest BCUT2D eigenvalue weighted by molar-refractivity contribution is 5.11. The average molecular weight is 350 g/mol. The van der Waals surface area contributed by atoms with Crippen molar-refractivity contribution in [2.24, 2.45) is 35.5 Å². The van der Waals surface area contributed by atoms with Crippen LogP contribution < -0.4 is 0 Å². The second-order valence-electron chi connectivity index (χ2n) is 10.2. The Hall–Kier alpha value is -0.160. The maximum Gasteiger partial charge on any atom is 0.171 e. The summed E-state index contributed by atoms with van der Waals surface area (Å²) in [5.41, 5.74) is -1.09. The van der Waals surface area contributed by atoms with Gasteiger partial charge in [-0.2, -0.15) is 0 Å². The van der Waals surface area contributed by atoms with Crippen molar-refractivity contribution in [1.29, 1.82) is 0 Å². The summed E-state index contributed by atoms with van der Waals surface area (Å²) < 4.78 is 11.9. The van der Waals surface area contributed by atoms with Crippen LogP contribution in [0.4, 0.5) is 0 Å². The molecule has 1 aliphatic heterocycles. The first kappa shape index (κ1) is 17.0. The van der Waals surface area contributed by atoms with E-state index in [-0.39, 0.29) is 0 Å². The summed E-state index contributed by atoms with van der Waals surface area (Å²) in [6.07, 6.45) is 7.86. The second kappa shape index (κ2) is 5.43. The fourth-order valence-electron chi connectivity index (χ4n) is 7.93. The monoisotopic (exact) mass is 350 g/mol. The van der Waals surface area contributed by atoms with Crippen molar-refractivity contribution in [2.45, 2.75) is 82.2 Å². The fraction of sp³-hybridized carbons (Fsp3) is 1.00. The first-order chi connectivity index (χ1) is 11.8. The van der Waals surface area contributed by atoms with Crippen molar-refractivity contribution in [3.63, 3.8) is 0 Å². The molecule has 5 fully saturated rings. The molecule has 25 heavy (non-hydrogen) atoms. The van der Waals surface area contributed by atoms with E-state index in [1.807, 2.05) is 0 Å². The van der Waals surface area contributed by atoms with E-state index in [2.05, 4.69) is 13.8 Å². The highest BCUT2D eigenvalue weighted by Crippen LogP contribution is 2.63. The van der Waals surface area contributed by atoms with Crippen molar-refractivity contribution < 1.29 is 19.7 Å². The molecular weight excluding hydrogens is 316 g/mol. The van der Waals surface area contributed by atoms with Crippen LogP contribution in [0.25, 0.3) is 0 Å². The smallest absolute Gasteiger partial charge is 0.171 e. The lowest BCUT2D eigenvalue weighted by Gasteiger charge is -2.59. The van der Waals surface area contributed by atoms with Gasteiger partial charge in [-0.15, -0.1) is 0 Å². The molecule has 0 unspecified atom stereocenters. The number of fused-ring (bicyclic) bond motifs is 5. The minimum absolute atomic E-state index is 0.381. The van der Waals surface area contributed by atoms with Crippen molar-refractivity contribution >= 4 is 0 Å². The third-order valence-corrected chi connectivity index (χ3v) is 8.92. The summed E-state index contributed by atoms with van der Waals surface area (Å²) in [5.74, 6) is 2.88. The van der Waals surface area contributed by atoms with Crippen LogP contribution in [0.3, 0.4) is 0 Å². The molecular formula is C21H34O4. The Bertz CT molecular complexity index is 540. The van der Waals surface area contributed by atoms with Crippen LogP contribution in [0.15, 0.2) is 0 Å². The van der Waals surface area contributed by atoms with Gasteiger partial charge in [0.25, 0.3) is 0 Å². The molecule has 0 radical (unpaired) electrons. The first-order valence-corrected chi connectivity index (χ1v) is 10.6. The lowest BCUT2D eigenvalue weighted by Crippen LogP contribution is -2.60.